The molecule has 1 aromatic carbocycles. The Morgan fingerprint density at radius 1 is 1.22 bits per heavy atom. The lowest BCUT2D eigenvalue weighted by Gasteiger charge is -2.33. The van der Waals surface area contributed by atoms with Gasteiger partial charge in [-0.3, -0.25) is 4.90 Å². The molecule has 1 nitrogen and oxygen atoms in total. The van der Waals surface area contributed by atoms with E-state index in [0.717, 1.165) is 32.0 Å². The maximum atomic E-state index is 13.1. The lowest BCUT2D eigenvalue weighted by molar-refractivity contribution is 0.176. The Morgan fingerprint density at radius 2 is 1.78 bits per heavy atom. The third-order valence-corrected chi connectivity index (χ3v) is 3.97. The van der Waals surface area contributed by atoms with E-state index in [9.17, 15) is 8.78 Å². The van der Waals surface area contributed by atoms with Gasteiger partial charge in [0.25, 0.3) is 0 Å². The van der Waals surface area contributed by atoms with Gasteiger partial charge >= 0.3 is 0 Å². The van der Waals surface area contributed by atoms with Gasteiger partial charge in [-0.15, -0.1) is 11.6 Å². The van der Waals surface area contributed by atoms with Gasteiger partial charge in [0.15, 0.2) is 0 Å². The zero-order valence-electron chi connectivity index (χ0n) is 10.5. The summed E-state index contributed by atoms with van der Waals surface area (Å²) in [6.45, 7) is 4.53. The lowest BCUT2D eigenvalue weighted by atomic mass is 9.94. The highest BCUT2D eigenvalue weighted by Gasteiger charge is 2.22. The van der Waals surface area contributed by atoms with Crippen molar-refractivity contribution in [3.8, 4) is 0 Å². The predicted octanol–water partition coefficient (Wildman–Crippen LogP) is 3.80. The van der Waals surface area contributed by atoms with E-state index in [-0.39, 0.29) is 5.38 Å². The van der Waals surface area contributed by atoms with Crippen LogP contribution in [0.5, 0.6) is 0 Å². The number of halogens is 3. The Morgan fingerprint density at radius 3 is 2.28 bits per heavy atom. The first-order chi connectivity index (χ1) is 8.54. The van der Waals surface area contributed by atoms with E-state index in [4.69, 9.17) is 11.6 Å². The Hall–Kier alpha value is -0.670. The van der Waals surface area contributed by atoms with Crippen LogP contribution in [0.15, 0.2) is 18.2 Å². The zero-order chi connectivity index (χ0) is 13.1. The summed E-state index contributed by atoms with van der Waals surface area (Å²) in [5.41, 5.74) is 0.699. The summed E-state index contributed by atoms with van der Waals surface area (Å²) < 4.78 is 26.1. The van der Waals surface area contributed by atoms with Gasteiger partial charge in [0.05, 0.1) is 0 Å². The van der Waals surface area contributed by atoms with Crippen LogP contribution in [0.1, 0.15) is 25.3 Å². The molecule has 0 bridgehead atoms. The first-order valence-electron chi connectivity index (χ1n) is 6.36. The van der Waals surface area contributed by atoms with Crippen LogP contribution in [0.2, 0.25) is 0 Å². The van der Waals surface area contributed by atoms with Crippen LogP contribution < -0.4 is 0 Å². The summed E-state index contributed by atoms with van der Waals surface area (Å²) in [5.74, 6) is -0.448. The molecule has 4 heteroatoms. The molecule has 0 saturated carbocycles. The Balaban J connectivity index is 1.91. The molecular weight excluding hydrogens is 256 g/mol. The minimum Gasteiger partial charge on any atom is -0.299 e. The third-order valence-electron chi connectivity index (χ3n) is 3.61. The van der Waals surface area contributed by atoms with Gasteiger partial charge in [-0.05, 0) is 56.5 Å². The van der Waals surface area contributed by atoms with E-state index in [1.165, 1.54) is 12.1 Å². The second kappa shape index (κ2) is 5.98. The molecule has 100 valence electrons. The predicted molar refractivity (Wildman–Crippen MR) is 69.7 cm³/mol. The molecule has 1 aliphatic heterocycles. The monoisotopic (exact) mass is 273 g/mol. The fourth-order valence-electron chi connectivity index (χ4n) is 2.53. The fraction of sp³-hybridized carbons (Fsp3) is 0.571. The van der Waals surface area contributed by atoms with E-state index in [1.54, 1.807) is 0 Å². The van der Waals surface area contributed by atoms with Gasteiger partial charge in [0, 0.05) is 18.0 Å². The summed E-state index contributed by atoms with van der Waals surface area (Å²) in [5, 5.41) is 0.207. The lowest BCUT2D eigenvalue weighted by Crippen LogP contribution is -2.35. The molecule has 1 aromatic rings. The van der Waals surface area contributed by atoms with Crippen LogP contribution in [0.3, 0.4) is 0 Å². The van der Waals surface area contributed by atoms with Gasteiger partial charge in [-0.2, -0.15) is 0 Å². The standard InChI is InChI=1S/C14H18ClF2N/c1-10(15)12-2-4-18(5-3-12)9-11-6-13(16)8-14(17)7-11/h6-8,10,12H,2-5,9H2,1H3. The van der Waals surface area contributed by atoms with E-state index < -0.39 is 11.6 Å². The molecule has 0 aliphatic carbocycles. The third kappa shape index (κ3) is 3.66. The van der Waals surface area contributed by atoms with Crippen molar-refractivity contribution in [3.05, 3.63) is 35.4 Å². The van der Waals surface area contributed by atoms with Crippen molar-refractivity contribution in [3.63, 3.8) is 0 Å². The second-order valence-electron chi connectivity index (χ2n) is 5.07. The number of alkyl halides is 1. The summed E-state index contributed by atoms with van der Waals surface area (Å²) in [6, 6.07) is 3.71. The van der Waals surface area contributed by atoms with Crippen LogP contribution in [0, 0.1) is 17.6 Å². The molecule has 2 rings (SSSR count). The molecule has 0 N–H and O–H groups in total. The van der Waals surface area contributed by atoms with Gasteiger partial charge in [0.1, 0.15) is 11.6 Å². The molecule has 18 heavy (non-hydrogen) atoms. The van der Waals surface area contributed by atoms with E-state index in [1.807, 2.05) is 6.92 Å². The molecule has 0 spiro atoms. The Kier molecular flexibility index (Phi) is 4.57. The minimum atomic E-state index is -0.505. The first-order valence-corrected chi connectivity index (χ1v) is 6.79. The van der Waals surface area contributed by atoms with Crippen LogP contribution in [-0.4, -0.2) is 23.4 Å². The number of nitrogens with zero attached hydrogens (tertiary/aromatic N) is 1. The maximum Gasteiger partial charge on any atom is 0.126 e. The van der Waals surface area contributed by atoms with Gasteiger partial charge in [0.2, 0.25) is 0 Å². The largest absolute Gasteiger partial charge is 0.299 e. The van der Waals surface area contributed by atoms with Crippen LogP contribution in [-0.2, 0) is 6.54 Å². The molecular formula is C14H18ClF2N. The number of rotatable bonds is 3. The molecule has 1 fully saturated rings. The molecule has 1 heterocycles. The average molecular weight is 274 g/mol. The van der Waals surface area contributed by atoms with Crippen LogP contribution in [0.4, 0.5) is 8.78 Å². The van der Waals surface area contributed by atoms with Crippen molar-refractivity contribution in [1.29, 1.82) is 0 Å². The SMILES string of the molecule is CC(Cl)C1CCN(Cc2cc(F)cc(F)c2)CC1. The van der Waals surface area contributed by atoms with Crippen LogP contribution >= 0.6 is 11.6 Å². The molecule has 0 amide bonds. The normalized spacial score (nSPS) is 20.0. The average Bonchev–Trinajstić information content (AvgIpc) is 2.28. The number of benzene rings is 1. The van der Waals surface area contributed by atoms with Crippen molar-refractivity contribution in [2.45, 2.75) is 31.7 Å². The van der Waals surface area contributed by atoms with Crippen molar-refractivity contribution >= 4 is 11.6 Å². The minimum absolute atomic E-state index is 0.207. The molecule has 1 saturated heterocycles. The van der Waals surface area contributed by atoms with Gasteiger partial charge in [-0.25, -0.2) is 8.78 Å². The smallest absolute Gasteiger partial charge is 0.126 e. The van der Waals surface area contributed by atoms with Crippen molar-refractivity contribution < 1.29 is 8.78 Å². The van der Waals surface area contributed by atoms with E-state index in [2.05, 4.69) is 4.90 Å². The summed E-state index contributed by atoms with van der Waals surface area (Å²) in [7, 11) is 0. The molecule has 0 aromatic heterocycles. The summed E-state index contributed by atoms with van der Waals surface area (Å²) in [6.07, 6.45) is 2.12. The van der Waals surface area contributed by atoms with Crippen LogP contribution in [0.25, 0.3) is 0 Å². The number of piperidine rings is 1. The van der Waals surface area contributed by atoms with E-state index in [0.29, 0.717) is 18.0 Å². The van der Waals surface area contributed by atoms with E-state index >= 15 is 0 Å². The Labute approximate surface area is 112 Å². The number of likely N-dealkylation sites (tertiary alicyclic amines) is 1. The molecule has 1 atom stereocenters. The second-order valence-corrected chi connectivity index (χ2v) is 5.76. The topological polar surface area (TPSA) is 3.24 Å². The summed E-state index contributed by atoms with van der Waals surface area (Å²) in [4.78, 5) is 2.23. The maximum absolute atomic E-state index is 13.1. The fourth-order valence-corrected chi connectivity index (χ4v) is 2.78. The molecule has 0 radical (unpaired) electrons. The highest BCUT2D eigenvalue weighted by Crippen LogP contribution is 2.24. The molecule has 1 unspecified atom stereocenters. The zero-order valence-corrected chi connectivity index (χ0v) is 11.3. The quantitative estimate of drug-likeness (QED) is 0.757. The van der Waals surface area contributed by atoms with Gasteiger partial charge < -0.3 is 0 Å². The number of hydrogen-bond donors (Lipinski definition) is 0. The Bertz CT molecular complexity index is 381. The van der Waals surface area contributed by atoms with Crippen molar-refractivity contribution in [1.82, 2.24) is 4.90 Å². The highest BCUT2D eigenvalue weighted by molar-refractivity contribution is 6.20. The van der Waals surface area contributed by atoms with Crippen molar-refractivity contribution in [2.24, 2.45) is 5.92 Å². The highest BCUT2D eigenvalue weighted by atomic mass is 35.5. The van der Waals surface area contributed by atoms with Crippen molar-refractivity contribution in [2.75, 3.05) is 13.1 Å². The first kappa shape index (κ1) is 13.8. The summed E-state index contributed by atoms with van der Waals surface area (Å²) >= 11 is 6.09. The molecule has 1 aliphatic rings. The van der Waals surface area contributed by atoms with Gasteiger partial charge in [-0.1, -0.05) is 0 Å². The number of hydrogen-bond acceptors (Lipinski definition) is 1.